The van der Waals surface area contributed by atoms with Crippen molar-refractivity contribution in [2.45, 2.75) is 13.0 Å². The minimum atomic E-state index is -0.372. The molecule has 1 atom stereocenters. The Morgan fingerprint density at radius 1 is 1.41 bits per heavy atom. The van der Waals surface area contributed by atoms with Gasteiger partial charge in [0.1, 0.15) is 6.33 Å². The molecule has 0 radical (unpaired) electrons. The third-order valence-electron chi connectivity index (χ3n) is 3.72. The summed E-state index contributed by atoms with van der Waals surface area (Å²) in [6.07, 6.45) is 2.77. The van der Waals surface area contributed by atoms with Crippen molar-refractivity contribution in [3.05, 3.63) is 24.7 Å². The molecule has 1 aliphatic rings. The number of aromatic nitrogens is 2. The van der Waals surface area contributed by atoms with Gasteiger partial charge in [0.05, 0.1) is 12.6 Å². The van der Waals surface area contributed by atoms with Crippen LogP contribution in [0.3, 0.4) is 0 Å². The number of rotatable bonds is 2. The molecule has 1 saturated heterocycles. The molecular weight excluding hydrogens is 284 g/mol. The lowest BCUT2D eigenvalue weighted by molar-refractivity contribution is 0.123. The maximum absolute atomic E-state index is 12.4. The monoisotopic (exact) mass is 302 g/mol. The molecule has 0 aliphatic carbocycles. The van der Waals surface area contributed by atoms with Gasteiger partial charge in [-0.2, -0.15) is 0 Å². The highest BCUT2D eigenvalue weighted by molar-refractivity contribution is 5.83. The summed E-state index contributed by atoms with van der Waals surface area (Å²) in [4.78, 5) is 22.2. The zero-order chi connectivity index (χ0) is 15.5. The summed E-state index contributed by atoms with van der Waals surface area (Å²) in [6.45, 7) is 4.14. The molecule has 1 aromatic carbocycles. The van der Waals surface area contributed by atoms with E-state index in [2.05, 4.69) is 15.3 Å². The second-order valence-electron chi connectivity index (χ2n) is 5.20. The van der Waals surface area contributed by atoms with Crippen LogP contribution in [-0.2, 0) is 0 Å². The van der Waals surface area contributed by atoms with Crippen molar-refractivity contribution in [3.63, 3.8) is 0 Å². The molecule has 0 saturated carbocycles. The van der Waals surface area contributed by atoms with Crippen molar-refractivity contribution in [3.8, 4) is 11.5 Å². The summed E-state index contributed by atoms with van der Waals surface area (Å²) in [7, 11) is 1.53. The van der Waals surface area contributed by atoms with Crippen molar-refractivity contribution in [1.29, 1.82) is 0 Å². The summed E-state index contributed by atoms with van der Waals surface area (Å²) in [5.41, 5.74) is 0.738. The quantitative estimate of drug-likeness (QED) is 0.904. The summed E-state index contributed by atoms with van der Waals surface area (Å²) in [5.74, 6) is 0.850. The minimum absolute atomic E-state index is 0.0936. The van der Waals surface area contributed by atoms with E-state index in [0.29, 0.717) is 18.0 Å². The Morgan fingerprint density at radius 2 is 2.27 bits per heavy atom. The molecule has 0 spiro atoms. The maximum Gasteiger partial charge on any atom is 0.415 e. The standard InChI is InChI=1S/C15H18N4O3/c1-10-7-16-3-4-19(10)15(20)22-14-5-11-8-17-9-18-12(11)6-13(14)21-2/h5-6,8-10,16H,3-4,7H2,1-2H3/t10-/m1/s1. The molecule has 7 heteroatoms. The number of piperazine rings is 1. The van der Waals surface area contributed by atoms with Crippen LogP contribution in [0.15, 0.2) is 24.7 Å². The van der Waals surface area contributed by atoms with Gasteiger partial charge in [0, 0.05) is 43.3 Å². The Bertz CT molecular complexity index is 692. The molecule has 0 bridgehead atoms. The SMILES string of the molecule is COc1cc2ncncc2cc1OC(=O)N1CCNC[C@H]1C. The Balaban J connectivity index is 1.87. The van der Waals surface area contributed by atoms with Gasteiger partial charge in [-0.05, 0) is 13.0 Å². The highest BCUT2D eigenvalue weighted by Gasteiger charge is 2.25. The number of carbonyl (C=O) groups excluding carboxylic acids is 1. The Kier molecular flexibility index (Phi) is 4.06. The lowest BCUT2D eigenvalue weighted by Crippen LogP contribution is -2.53. The van der Waals surface area contributed by atoms with Gasteiger partial charge in [0.2, 0.25) is 0 Å². The van der Waals surface area contributed by atoms with E-state index in [-0.39, 0.29) is 12.1 Å². The zero-order valence-corrected chi connectivity index (χ0v) is 12.6. The summed E-state index contributed by atoms with van der Waals surface area (Å²) >= 11 is 0. The first-order chi connectivity index (χ1) is 10.7. The fourth-order valence-corrected chi connectivity index (χ4v) is 2.49. The number of hydrogen-bond acceptors (Lipinski definition) is 6. The molecule has 2 aromatic rings. The Hall–Kier alpha value is -2.41. The molecular formula is C15H18N4O3. The minimum Gasteiger partial charge on any atom is -0.493 e. The van der Waals surface area contributed by atoms with E-state index in [1.165, 1.54) is 13.4 Å². The molecule has 1 N–H and O–H groups in total. The van der Waals surface area contributed by atoms with E-state index in [4.69, 9.17) is 9.47 Å². The van der Waals surface area contributed by atoms with E-state index in [1.54, 1.807) is 23.2 Å². The number of carbonyl (C=O) groups is 1. The highest BCUT2D eigenvalue weighted by atomic mass is 16.6. The maximum atomic E-state index is 12.4. The lowest BCUT2D eigenvalue weighted by atomic mass is 10.2. The van der Waals surface area contributed by atoms with Crippen LogP contribution >= 0.6 is 0 Å². The first kappa shape index (κ1) is 14.5. The van der Waals surface area contributed by atoms with Crippen molar-refractivity contribution in [1.82, 2.24) is 20.2 Å². The molecule has 7 nitrogen and oxygen atoms in total. The van der Waals surface area contributed by atoms with Crippen LogP contribution in [0.2, 0.25) is 0 Å². The Labute approximate surface area is 128 Å². The molecule has 1 aliphatic heterocycles. The van der Waals surface area contributed by atoms with E-state index in [1.807, 2.05) is 6.92 Å². The molecule has 22 heavy (non-hydrogen) atoms. The van der Waals surface area contributed by atoms with Gasteiger partial charge in [-0.3, -0.25) is 0 Å². The number of amides is 1. The van der Waals surface area contributed by atoms with E-state index >= 15 is 0 Å². The first-order valence-corrected chi connectivity index (χ1v) is 7.16. The molecule has 3 rings (SSSR count). The fraction of sp³-hybridized carbons (Fsp3) is 0.400. The van der Waals surface area contributed by atoms with Crippen molar-refractivity contribution in [2.24, 2.45) is 0 Å². The number of methoxy groups -OCH3 is 1. The van der Waals surface area contributed by atoms with Gasteiger partial charge >= 0.3 is 6.09 Å². The lowest BCUT2D eigenvalue weighted by Gasteiger charge is -2.33. The van der Waals surface area contributed by atoms with Crippen molar-refractivity contribution < 1.29 is 14.3 Å². The summed E-state index contributed by atoms with van der Waals surface area (Å²) < 4.78 is 10.8. The van der Waals surface area contributed by atoms with Crippen LogP contribution < -0.4 is 14.8 Å². The summed E-state index contributed by atoms with van der Waals surface area (Å²) in [5, 5.41) is 4.03. The third kappa shape index (κ3) is 2.80. The summed E-state index contributed by atoms with van der Waals surface area (Å²) in [6, 6.07) is 3.55. The average Bonchev–Trinajstić information content (AvgIpc) is 2.54. The van der Waals surface area contributed by atoms with Crippen molar-refractivity contribution in [2.75, 3.05) is 26.7 Å². The van der Waals surface area contributed by atoms with Crippen LogP contribution in [0.25, 0.3) is 10.9 Å². The number of nitrogens with zero attached hydrogens (tertiary/aromatic N) is 3. The molecule has 1 fully saturated rings. The third-order valence-corrected chi connectivity index (χ3v) is 3.72. The predicted molar refractivity (Wildman–Crippen MR) is 81.2 cm³/mol. The van der Waals surface area contributed by atoms with Crippen LogP contribution in [0.1, 0.15) is 6.92 Å². The Morgan fingerprint density at radius 3 is 3.05 bits per heavy atom. The van der Waals surface area contributed by atoms with E-state index < -0.39 is 0 Å². The van der Waals surface area contributed by atoms with E-state index in [0.717, 1.165) is 24.0 Å². The fourth-order valence-electron chi connectivity index (χ4n) is 2.49. The van der Waals surface area contributed by atoms with Gasteiger partial charge in [-0.15, -0.1) is 0 Å². The van der Waals surface area contributed by atoms with Crippen LogP contribution in [0.4, 0.5) is 4.79 Å². The molecule has 1 aromatic heterocycles. The molecule has 1 amide bonds. The normalized spacial score (nSPS) is 18.3. The largest absolute Gasteiger partial charge is 0.493 e. The molecule has 2 heterocycles. The van der Waals surface area contributed by atoms with Crippen LogP contribution in [0, 0.1) is 0 Å². The first-order valence-electron chi connectivity index (χ1n) is 7.16. The number of fused-ring (bicyclic) bond motifs is 1. The van der Waals surface area contributed by atoms with Crippen LogP contribution in [-0.4, -0.2) is 53.7 Å². The van der Waals surface area contributed by atoms with Gasteiger partial charge in [-0.1, -0.05) is 0 Å². The molecule has 116 valence electrons. The number of ether oxygens (including phenoxy) is 2. The second-order valence-corrected chi connectivity index (χ2v) is 5.20. The second kappa shape index (κ2) is 6.15. The zero-order valence-electron chi connectivity index (χ0n) is 12.6. The predicted octanol–water partition coefficient (Wildman–Crippen LogP) is 1.43. The topological polar surface area (TPSA) is 76.6 Å². The number of benzene rings is 1. The van der Waals surface area contributed by atoms with Crippen molar-refractivity contribution >= 4 is 17.0 Å². The van der Waals surface area contributed by atoms with Gasteiger partial charge in [0.25, 0.3) is 0 Å². The highest BCUT2D eigenvalue weighted by Crippen LogP contribution is 2.31. The van der Waals surface area contributed by atoms with Crippen LogP contribution in [0.5, 0.6) is 11.5 Å². The van der Waals surface area contributed by atoms with Gasteiger partial charge < -0.3 is 19.7 Å². The van der Waals surface area contributed by atoms with Gasteiger partial charge in [-0.25, -0.2) is 14.8 Å². The van der Waals surface area contributed by atoms with Gasteiger partial charge in [0.15, 0.2) is 11.5 Å². The number of nitrogens with one attached hydrogen (secondary N) is 1. The van der Waals surface area contributed by atoms with E-state index in [9.17, 15) is 4.79 Å². The number of hydrogen-bond donors (Lipinski definition) is 1. The average molecular weight is 302 g/mol. The molecule has 0 unspecified atom stereocenters. The smallest absolute Gasteiger partial charge is 0.415 e.